The van der Waals surface area contributed by atoms with Gasteiger partial charge in [-0.3, -0.25) is 0 Å². The standard InChI is InChI=1S/C25H35FO2/c1-2-3-4-5-6-19-7-9-20(10-8-19)21-13-17-24(18-14-21)28-25(27)22-11-15-23(26)16-12-22/h5-6,11-12,15-16,19-21,24H,2-4,7-10,13-14,17-18H2,1H3/b6-5+. The molecule has 3 heteroatoms. The van der Waals surface area contributed by atoms with Crippen LogP contribution in [0, 0.1) is 23.6 Å². The van der Waals surface area contributed by atoms with Gasteiger partial charge >= 0.3 is 5.97 Å². The van der Waals surface area contributed by atoms with E-state index in [0.717, 1.165) is 30.6 Å². The molecule has 0 N–H and O–H groups in total. The molecule has 2 aliphatic carbocycles. The lowest BCUT2D eigenvalue weighted by Gasteiger charge is -2.37. The lowest BCUT2D eigenvalue weighted by atomic mass is 9.70. The second-order valence-corrected chi connectivity index (χ2v) is 8.69. The third-order valence-electron chi connectivity index (χ3n) is 6.69. The van der Waals surface area contributed by atoms with Crippen molar-refractivity contribution < 1.29 is 13.9 Å². The number of carbonyl (C=O) groups is 1. The molecule has 0 aliphatic heterocycles. The zero-order valence-electron chi connectivity index (χ0n) is 17.2. The van der Waals surface area contributed by atoms with E-state index in [0.29, 0.717) is 5.56 Å². The molecule has 2 aliphatic rings. The van der Waals surface area contributed by atoms with E-state index in [4.69, 9.17) is 4.74 Å². The SMILES string of the molecule is CCCC/C=C/C1CCC(C2CCC(OC(=O)c3ccc(F)cc3)CC2)CC1. The fraction of sp³-hybridized carbons (Fsp3) is 0.640. The van der Waals surface area contributed by atoms with Crippen LogP contribution in [0.3, 0.4) is 0 Å². The average molecular weight is 387 g/mol. The van der Waals surface area contributed by atoms with Gasteiger partial charge in [-0.25, -0.2) is 9.18 Å². The molecule has 0 bridgehead atoms. The Balaban J connectivity index is 1.37. The van der Waals surface area contributed by atoms with Crippen molar-refractivity contribution in [2.45, 2.75) is 83.7 Å². The first-order valence-corrected chi connectivity index (χ1v) is 11.3. The van der Waals surface area contributed by atoms with Crippen molar-refractivity contribution in [3.63, 3.8) is 0 Å². The van der Waals surface area contributed by atoms with Gasteiger partial charge in [0.15, 0.2) is 0 Å². The molecule has 0 spiro atoms. The number of benzene rings is 1. The molecule has 0 aromatic heterocycles. The molecular formula is C25H35FO2. The quantitative estimate of drug-likeness (QED) is 0.284. The van der Waals surface area contributed by atoms with Gasteiger partial charge in [0.1, 0.15) is 11.9 Å². The highest BCUT2D eigenvalue weighted by Gasteiger charge is 2.31. The van der Waals surface area contributed by atoms with E-state index in [1.807, 2.05) is 0 Å². The van der Waals surface area contributed by atoms with Crippen LogP contribution in [0.1, 0.15) is 87.9 Å². The van der Waals surface area contributed by atoms with Crippen LogP contribution in [-0.2, 0) is 4.74 Å². The van der Waals surface area contributed by atoms with Gasteiger partial charge in [0.2, 0.25) is 0 Å². The molecular weight excluding hydrogens is 351 g/mol. The van der Waals surface area contributed by atoms with E-state index < -0.39 is 0 Å². The molecule has 3 rings (SSSR count). The van der Waals surface area contributed by atoms with E-state index >= 15 is 0 Å². The summed E-state index contributed by atoms with van der Waals surface area (Å²) in [6.07, 6.45) is 18.4. The van der Waals surface area contributed by atoms with Gasteiger partial charge in [-0.15, -0.1) is 0 Å². The first kappa shape index (κ1) is 21.1. The molecule has 2 fully saturated rings. The number of carbonyl (C=O) groups excluding carboxylic acids is 1. The van der Waals surface area contributed by atoms with E-state index in [-0.39, 0.29) is 17.9 Å². The lowest BCUT2D eigenvalue weighted by molar-refractivity contribution is 0.0113. The van der Waals surface area contributed by atoms with Crippen molar-refractivity contribution in [1.29, 1.82) is 0 Å². The number of ether oxygens (including phenoxy) is 1. The summed E-state index contributed by atoms with van der Waals surface area (Å²) in [5, 5.41) is 0. The van der Waals surface area contributed by atoms with Crippen molar-refractivity contribution in [2.75, 3.05) is 0 Å². The highest BCUT2D eigenvalue weighted by Crippen LogP contribution is 2.41. The predicted molar refractivity (Wildman–Crippen MR) is 112 cm³/mol. The summed E-state index contributed by atoms with van der Waals surface area (Å²) in [5.74, 6) is 1.79. The Labute approximate surface area is 169 Å². The Hall–Kier alpha value is -1.64. The zero-order chi connectivity index (χ0) is 19.8. The monoisotopic (exact) mass is 386 g/mol. The molecule has 0 amide bonds. The highest BCUT2D eigenvalue weighted by molar-refractivity contribution is 5.89. The van der Waals surface area contributed by atoms with Gasteiger partial charge in [-0.1, -0.05) is 31.9 Å². The van der Waals surface area contributed by atoms with Crippen LogP contribution in [0.2, 0.25) is 0 Å². The normalized spacial score (nSPS) is 28.4. The Kier molecular flexibility index (Phi) is 8.12. The van der Waals surface area contributed by atoms with Crippen molar-refractivity contribution in [1.82, 2.24) is 0 Å². The van der Waals surface area contributed by atoms with E-state index in [9.17, 15) is 9.18 Å². The average Bonchev–Trinajstić information content (AvgIpc) is 2.73. The number of esters is 1. The molecule has 0 unspecified atom stereocenters. The number of hydrogen-bond acceptors (Lipinski definition) is 2. The molecule has 1 aromatic rings. The maximum atomic E-state index is 13.0. The van der Waals surface area contributed by atoms with Crippen molar-refractivity contribution >= 4 is 5.97 Å². The van der Waals surface area contributed by atoms with Crippen LogP contribution in [0.15, 0.2) is 36.4 Å². The maximum Gasteiger partial charge on any atom is 0.338 e. The van der Waals surface area contributed by atoms with Gasteiger partial charge in [0.25, 0.3) is 0 Å². The van der Waals surface area contributed by atoms with Crippen molar-refractivity contribution in [2.24, 2.45) is 17.8 Å². The van der Waals surface area contributed by atoms with Crippen molar-refractivity contribution in [3.05, 3.63) is 47.8 Å². The second-order valence-electron chi connectivity index (χ2n) is 8.69. The summed E-state index contributed by atoms with van der Waals surface area (Å²) in [7, 11) is 0. The van der Waals surface area contributed by atoms with Crippen LogP contribution >= 0.6 is 0 Å². The largest absolute Gasteiger partial charge is 0.459 e. The Bertz CT molecular complexity index is 620. The van der Waals surface area contributed by atoms with Crippen molar-refractivity contribution in [3.8, 4) is 0 Å². The maximum absolute atomic E-state index is 13.0. The van der Waals surface area contributed by atoms with Crippen LogP contribution in [-0.4, -0.2) is 12.1 Å². The zero-order valence-corrected chi connectivity index (χ0v) is 17.2. The highest BCUT2D eigenvalue weighted by atomic mass is 19.1. The molecule has 0 heterocycles. The number of unbranched alkanes of at least 4 members (excludes halogenated alkanes) is 2. The smallest absolute Gasteiger partial charge is 0.338 e. The predicted octanol–water partition coefficient (Wildman–Crippen LogP) is 7.09. The Morgan fingerprint density at radius 2 is 1.61 bits per heavy atom. The minimum absolute atomic E-state index is 0.0200. The molecule has 28 heavy (non-hydrogen) atoms. The first-order chi connectivity index (χ1) is 13.7. The molecule has 2 saturated carbocycles. The van der Waals surface area contributed by atoms with E-state index in [1.165, 1.54) is 82.1 Å². The molecule has 154 valence electrons. The minimum Gasteiger partial charge on any atom is -0.459 e. The molecule has 2 nitrogen and oxygen atoms in total. The fourth-order valence-corrected chi connectivity index (χ4v) is 4.90. The lowest BCUT2D eigenvalue weighted by Crippen LogP contribution is -2.29. The summed E-state index contributed by atoms with van der Waals surface area (Å²) < 4.78 is 18.7. The van der Waals surface area contributed by atoms with E-state index in [1.54, 1.807) is 0 Å². The number of hydrogen-bond donors (Lipinski definition) is 0. The van der Waals surface area contributed by atoms with Crippen LogP contribution in [0.5, 0.6) is 0 Å². The first-order valence-electron chi connectivity index (χ1n) is 11.3. The van der Waals surface area contributed by atoms with Crippen LogP contribution in [0.4, 0.5) is 4.39 Å². The molecule has 1 aromatic carbocycles. The summed E-state index contributed by atoms with van der Waals surface area (Å²) in [6, 6.07) is 5.61. The number of allylic oxidation sites excluding steroid dienone is 2. The second kappa shape index (κ2) is 10.8. The topological polar surface area (TPSA) is 26.3 Å². The van der Waals surface area contributed by atoms with Gasteiger partial charge in [-0.05, 0) is 99.8 Å². The van der Waals surface area contributed by atoms with Gasteiger partial charge in [0, 0.05) is 0 Å². The number of rotatable bonds is 7. The Morgan fingerprint density at radius 1 is 1.00 bits per heavy atom. The third-order valence-corrected chi connectivity index (χ3v) is 6.69. The summed E-state index contributed by atoms with van der Waals surface area (Å²) in [6.45, 7) is 2.25. The fourth-order valence-electron chi connectivity index (χ4n) is 4.90. The van der Waals surface area contributed by atoms with Crippen LogP contribution < -0.4 is 0 Å². The summed E-state index contributed by atoms with van der Waals surface area (Å²) in [5.41, 5.74) is 0.439. The third kappa shape index (κ3) is 6.18. The van der Waals surface area contributed by atoms with Gasteiger partial charge in [0.05, 0.1) is 5.56 Å². The summed E-state index contributed by atoms with van der Waals surface area (Å²) in [4.78, 5) is 12.2. The minimum atomic E-state index is -0.330. The number of halogens is 1. The summed E-state index contributed by atoms with van der Waals surface area (Å²) >= 11 is 0. The van der Waals surface area contributed by atoms with E-state index in [2.05, 4.69) is 19.1 Å². The van der Waals surface area contributed by atoms with Crippen LogP contribution in [0.25, 0.3) is 0 Å². The molecule has 0 saturated heterocycles. The molecule has 0 atom stereocenters. The molecule has 0 radical (unpaired) electrons. The Morgan fingerprint density at radius 3 is 2.21 bits per heavy atom. The van der Waals surface area contributed by atoms with Gasteiger partial charge < -0.3 is 4.74 Å². The van der Waals surface area contributed by atoms with Gasteiger partial charge in [-0.2, -0.15) is 0 Å².